The highest BCUT2D eigenvalue weighted by Gasteiger charge is 2.22. The monoisotopic (exact) mass is 331 g/mol. The molecule has 2 rings (SSSR count). The van der Waals surface area contributed by atoms with E-state index in [4.69, 9.17) is 27.0 Å². The van der Waals surface area contributed by atoms with Gasteiger partial charge < -0.3 is 4.74 Å². The molecule has 20 heavy (non-hydrogen) atoms. The van der Waals surface area contributed by atoms with Gasteiger partial charge in [0.1, 0.15) is 22.4 Å². The maximum absolute atomic E-state index is 11.6. The molecule has 0 saturated heterocycles. The van der Waals surface area contributed by atoms with E-state index in [1.807, 2.05) is 30.3 Å². The van der Waals surface area contributed by atoms with Gasteiger partial charge in [-0.05, 0) is 12.5 Å². The van der Waals surface area contributed by atoms with E-state index in [0.717, 1.165) is 5.56 Å². The van der Waals surface area contributed by atoms with Gasteiger partial charge in [0.2, 0.25) is 0 Å². The highest BCUT2D eigenvalue weighted by atomic mass is 35.7. The number of nitrogens with zero attached hydrogens (tertiary/aromatic N) is 1. The summed E-state index contributed by atoms with van der Waals surface area (Å²) in [6.07, 6.45) is 0. The van der Waals surface area contributed by atoms with Crippen molar-refractivity contribution in [3.63, 3.8) is 0 Å². The molecule has 106 valence electrons. The topological polar surface area (TPSA) is 56.3 Å². The SMILES string of the molecule is Cc1nc(Cl)cc(OCc2ccccc2)c1S(=O)(=O)Cl. The van der Waals surface area contributed by atoms with E-state index >= 15 is 0 Å². The van der Waals surface area contributed by atoms with Crippen molar-refractivity contribution in [2.75, 3.05) is 0 Å². The highest BCUT2D eigenvalue weighted by molar-refractivity contribution is 8.13. The second kappa shape index (κ2) is 5.99. The van der Waals surface area contributed by atoms with Crippen LogP contribution in [0, 0.1) is 6.92 Å². The number of aryl methyl sites for hydroxylation is 1. The van der Waals surface area contributed by atoms with Crippen LogP contribution < -0.4 is 4.74 Å². The summed E-state index contributed by atoms with van der Waals surface area (Å²) >= 11 is 5.82. The molecule has 0 amide bonds. The fraction of sp³-hybridized carbons (Fsp3) is 0.154. The Balaban J connectivity index is 2.36. The summed E-state index contributed by atoms with van der Waals surface area (Å²) in [5.74, 6) is 0.0985. The first-order valence-electron chi connectivity index (χ1n) is 5.66. The first kappa shape index (κ1) is 15.1. The Hall–Kier alpha value is -1.30. The molecule has 0 unspecified atom stereocenters. The summed E-state index contributed by atoms with van der Waals surface area (Å²) in [5.41, 5.74) is 1.10. The van der Waals surface area contributed by atoms with Gasteiger partial charge in [0.05, 0.1) is 5.69 Å². The van der Waals surface area contributed by atoms with Gasteiger partial charge in [-0.25, -0.2) is 13.4 Å². The third-order valence-electron chi connectivity index (χ3n) is 2.56. The smallest absolute Gasteiger partial charge is 0.266 e. The van der Waals surface area contributed by atoms with Gasteiger partial charge in [0.25, 0.3) is 9.05 Å². The van der Waals surface area contributed by atoms with Crippen molar-refractivity contribution in [2.24, 2.45) is 0 Å². The lowest BCUT2D eigenvalue weighted by atomic mass is 10.2. The number of hydrogen-bond acceptors (Lipinski definition) is 4. The molecule has 0 fully saturated rings. The predicted octanol–water partition coefficient (Wildman–Crippen LogP) is 3.55. The van der Waals surface area contributed by atoms with Gasteiger partial charge in [-0.2, -0.15) is 0 Å². The van der Waals surface area contributed by atoms with E-state index in [1.165, 1.54) is 13.0 Å². The first-order valence-corrected chi connectivity index (χ1v) is 8.35. The van der Waals surface area contributed by atoms with Crippen molar-refractivity contribution in [3.05, 3.63) is 52.8 Å². The van der Waals surface area contributed by atoms with E-state index in [0.29, 0.717) is 0 Å². The van der Waals surface area contributed by atoms with Crippen molar-refractivity contribution in [1.29, 1.82) is 0 Å². The first-order chi connectivity index (χ1) is 9.38. The maximum atomic E-state index is 11.6. The zero-order valence-electron chi connectivity index (χ0n) is 10.5. The average molecular weight is 332 g/mol. The molecule has 7 heteroatoms. The fourth-order valence-electron chi connectivity index (χ4n) is 1.73. The minimum atomic E-state index is -3.96. The number of pyridine rings is 1. The Kier molecular flexibility index (Phi) is 4.52. The van der Waals surface area contributed by atoms with E-state index in [-0.39, 0.29) is 28.1 Å². The van der Waals surface area contributed by atoms with Gasteiger partial charge in [0, 0.05) is 16.7 Å². The lowest BCUT2D eigenvalue weighted by molar-refractivity contribution is 0.297. The highest BCUT2D eigenvalue weighted by Crippen LogP contribution is 2.32. The number of benzene rings is 1. The molecule has 0 saturated carbocycles. The lowest BCUT2D eigenvalue weighted by Crippen LogP contribution is -2.04. The van der Waals surface area contributed by atoms with Crippen LogP contribution in [0.15, 0.2) is 41.3 Å². The average Bonchev–Trinajstić information content (AvgIpc) is 2.35. The van der Waals surface area contributed by atoms with Crippen LogP contribution in [-0.2, 0) is 15.7 Å². The second-order valence-electron chi connectivity index (χ2n) is 4.07. The molecule has 0 atom stereocenters. The van der Waals surface area contributed by atoms with Crippen LogP contribution in [0.3, 0.4) is 0 Å². The van der Waals surface area contributed by atoms with E-state index in [9.17, 15) is 8.42 Å². The van der Waals surface area contributed by atoms with Crippen LogP contribution in [-0.4, -0.2) is 13.4 Å². The molecule has 0 N–H and O–H groups in total. The lowest BCUT2D eigenvalue weighted by Gasteiger charge is -2.11. The summed E-state index contributed by atoms with van der Waals surface area (Å²) in [6, 6.07) is 10.7. The van der Waals surface area contributed by atoms with Crippen molar-refractivity contribution < 1.29 is 13.2 Å². The molecular formula is C13H11Cl2NO3S. The third kappa shape index (κ3) is 3.62. The van der Waals surface area contributed by atoms with Gasteiger partial charge >= 0.3 is 0 Å². The summed E-state index contributed by atoms with van der Waals surface area (Å²) in [6.45, 7) is 1.72. The number of aromatic nitrogens is 1. The predicted molar refractivity (Wildman–Crippen MR) is 77.8 cm³/mol. The third-order valence-corrected chi connectivity index (χ3v) is 4.20. The van der Waals surface area contributed by atoms with Crippen LogP contribution >= 0.6 is 22.3 Å². The fourth-order valence-corrected chi connectivity index (χ4v) is 3.28. The Bertz CT molecular complexity index is 718. The second-order valence-corrected chi connectivity index (χ2v) is 6.96. The number of hydrogen-bond donors (Lipinski definition) is 0. The van der Waals surface area contributed by atoms with Crippen LogP contribution in [0.4, 0.5) is 0 Å². The largest absolute Gasteiger partial charge is 0.487 e. The molecule has 0 aliphatic heterocycles. The van der Waals surface area contributed by atoms with Crippen molar-refractivity contribution in [1.82, 2.24) is 4.98 Å². The van der Waals surface area contributed by atoms with Crippen LogP contribution in [0.25, 0.3) is 0 Å². The quantitative estimate of drug-likeness (QED) is 0.635. The minimum absolute atomic E-state index is 0.0985. The van der Waals surface area contributed by atoms with Crippen LogP contribution in [0.2, 0.25) is 5.15 Å². The molecule has 0 radical (unpaired) electrons. The van der Waals surface area contributed by atoms with E-state index < -0.39 is 9.05 Å². The van der Waals surface area contributed by atoms with Crippen molar-refractivity contribution in [2.45, 2.75) is 18.4 Å². The van der Waals surface area contributed by atoms with E-state index in [2.05, 4.69) is 4.98 Å². The van der Waals surface area contributed by atoms with Gasteiger partial charge in [0.15, 0.2) is 0 Å². The molecule has 1 aromatic heterocycles. The summed E-state index contributed by atoms with van der Waals surface area (Å²) in [4.78, 5) is 3.72. The number of ether oxygens (including phenoxy) is 1. The van der Waals surface area contributed by atoms with Crippen molar-refractivity contribution in [3.8, 4) is 5.75 Å². The summed E-state index contributed by atoms with van der Waals surface area (Å²) in [7, 11) is 1.45. The van der Waals surface area contributed by atoms with E-state index in [1.54, 1.807) is 0 Å². The maximum Gasteiger partial charge on any atom is 0.266 e. The molecule has 4 nitrogen and oxygen atoms in total. The van der Waals surface area contributed by atoms with Crippen LogP contribution in [0.5, 0.6) is 5.75 Å². The number of rotatable bonds is 4. The van der Waals surface area contributed by atoms with Gasteiger partial charge in [-0.3, -0.25) is 0 Å². The zero-order chi connectivity index (χ0) is 14.8. The van der Waals surface area contributed by atoms with Crippen molar-refractivity contribution >= 4 is 31.3 Å². The summed E-state index contributed by atoms with van der Waals surface area (Å²) < 4.78 is 28.7. The Morgan fingerprint density at radius 2 is 1.90 bits per heavy atom. The Labute approximate surface area is 126 Å². The Morgan fingerprint density at radius 1 is 1.25 bits per heavy atom. The number of halogens is 2. The molecule has 0 spiro atoms. The molecular weight excluding hydrogens is 321 g/mol. The normalized spacial score (nSPS) is 11.3. The molecule has 1 heterocycles. The molecule has 0 aliphatic rings. The Morgan fingerprint density at radius 3 is 2.50 bits per heavy atom. The summed E-state index contributed by atoms with van der Waals surface area (Å²) in [5, 5.41) is 0.148. The standard InChI is InChI=1S/C13H11Cl2NO3S/c1-9-13(20(15,17)18)11(7-12(14)16-9)19-8-10-5-3-2-4-6-10/h2-7H,8H2,1H3. The van der Waals surface area contributed by atoms with Gasteiger partial charge in [-0.1, -0.05) is 41.9 Å². The van der Waals surface area contributed by atoms with Gasteiger partial charge in [-0.15, -0.1) is 0 Å². The molecule has 1 aromatic carbocycles. The zero-order valence-corrected chi connectivity index (χ0v) is 12.8. The molecule has 0 aliphatic carbocycles. The minimum Gasteiger partial charge on any atom is -0.487 e. The molecule has 0 bridgehead atoms. The van der Waals surface area contributed by atoms with Crippen LogP contribution in [0.1, 0.15) is 11.3 Å². The molecule has 2 aromatic rings.